The van der Waals surface area contributed by atoms with E-state index in [4.69, 9.17) is 4.74 Å². The van der Waals surface area contributed by atoms with E-state index in [1.807, 2.05) is 30.8 Å². The number of anilines is 1. The SMILES string of the molecule is CNC(=O)Oc1cccc(NC=[N+](C)C)c1. The van der Waals surface area contributed by atoms with Gasteiger partial charge in [0.2, 0.25) is 6.34 Å². The molecule has 0 saturated heterocycles. The van der Waals surface area contributed by atoms with Gasteiger partial charge in [0.1, 0.15) is 11.4 Å². The second-order valence-corrected chi connectivity index (χ2v) is 3.40. The molecule has 5 nitrogen and oxygen atoms in total. The number of hydrogen-bond acceptors (Lipinski definition) is 2. The summed E-state index contributed by atoms with van der Waals surface area (Å²) < 4.78 is 6.87. The molecule has 0 fully saturated rings. The molecule has 0 atom stereocenters. The van der Waals surface area contributed by atoms with Crippen LogP contribution in [-0.2, 0) is 0 Å². The van der Waals surface area contributed by atoms with Crippen LogP contribution in [0.2, 0.25) is 0 Å². The average Bonchev–Trinajstić information content (AvgIpc) is 2.26. The largest absolute Gasteiger partial charge is 0.412 e. The minimum Gasteiger partial charge on any atom is -0.410 e. The van der Waals surface area contributed by atoms with Gasteiger partial charge in [0.15, 0.2) is 0 Å². The van der Waals surface area contributed by atoms with Gasteiger partial charge in [-0.15, -0.1) is 0 Å². The molecule has 0 bridgehead atoms. The van der Waals surface area contributed by atoms with Gasteiger partial charge in [-0.2, -0.15) is 0 Å². The number of ether oxygens (including phenoxy) is 1. The van der Waals surface area contributed by atoms with Crippen molar-refractivity contribution in [1.82, 2.24) is 5.32 Å². The van der Waals surface area contributed by atoms with Crippen LogP contribution in [0.15, 0.2) is 24.3 Å². The smallest absolute Gasteiger partial charge is 0.410 e. The fraction of sp³-hybridized carbons (Fsp3) is 0.273. The summed E-state index contributed by atoms with van der Waals surface area (Å²) in [5, 5.41) is 5.45. The van der Waals surface area contributed by atoms with Crippen molar-refractivity contribution >= 4 is 18.1 Å². The van der Waals surface area contributed by atoms with Crippen LogP contribution in [0.25, 0.3) is 0 Å². The Morgan fingerprint density at radius 2 is 2.19 bits per heavy atom. The van der Waals surface area contributed by atoms with E-state index in [9.17, 15) is 4.79 Å². The lowest BCUT2D eigenvalue weighted by Gasteiger charge is -2.03. The van der Waals surface area contributed by atoms with Gasteiger partial charge in [-0.25, -0.2) is 10.1 Å². The zero-order valence-electron chi connectivity index (χ0n) is 9.65. The van der Waals surface area contributed by atoms with Crippen molar-refractivity contribution in [2.24, 2.45) is 0 Å². The van der Waals surface area contributed by atoms with Crippen molar-refractivity contribution in [2.45, 2.75) is 0 Å². The van der Waals surface area contributed by atoms with Gasteiger partial charge in [-0.05, 0) is 12.1 Å². The lowest BCUT2D eigenvalue weighted by Crippen LogP contribution is -2.22. The standard InChI is InChI=1S/C11H15N3O2/c1-12-11(15)16-10-6-4-5-9(7-10)13-8-14(2)3/h4-8H,1-3H3,(H,12,15)/p+1. The molecule has 1 aromatic rings. The molecule has 0 aliphatic carbocycles. The fourth-order valence-electron chi connectivity index (χ4n) is 1.01. The predicted molar refractivity (Wildman–Crippen MR) is 63.3 cm³/mol. The Balaban J connectivity index is 2.71. The third-order valence-corrected chi connectivity index (χ3v) is 1.74. The molecule has 0 aromatic heterocycles. The van der Waals surface area contributed by atoms with Gasteiger partial charge in [0.25, 0.3) is 0 Å². The number of hydrogen-bond donors (Lipinski definition) is 2. The first-order valence-corrected chi connectivity index (χ1v) is 4.88. The van der Waals surface area contributed by atoms with Gasteiger partial charge in [0, 0.05) is 13.1 Å². The van der Waals surface area contributed by atoms with E-state index < -0.39 is 6.09 Å². The Morgan fingerprint density at radius 1 is 1.44 bits per heavy atom. The summed E-state index contributed by atoms with van der Waals surface area (Å²) in [6.07, 6.45) is 1.33. The maximum atomic E-state index is 11.0. The highest BCUT2D eigenvalue weighted by Crippen LogP contribution is 2.16. The molecule has 0 spiro atoms. The van der Waals surface area contributed by atoms with E-state index in [2.05, 4.69) is 10.6 Å². The Labute approximate surface area is 94.7 Å². The number of nitrogens with one attached hydrogen (secondary N) is 2. The molecule has 5 heteroatoms. The normalized spacial score (nSPS) is 9.19. The maximum Gasteiger partial charge on any atom is 0.412 e. The van der Waals surface area contributed by atoms with Crippen LogP contribution in [0, 0.1) is 0 Å². The van der Waals surface area contributed by atoms with Gasteiger partial charge < -0.3 is 10.1 Å². The highest BCUT2D eigenvalue weighted by atomic mass is 16.5. The Bertz CT molecular complexity index is 398. The van der Waals surface area contributed by atoms with E-state index in [0.717, 1.165) is 5.69 Å². The molecule has 0 unspecified atom stereocenters. The first-order valence-electron chi connectivity index (χ1n) is 4.88. The summed E-state index contributed by atoms with van der Waals surface area (Å²) >= 11 is 0. The zero-order chi connectivity index (χ0) is 12.0. The van der Waals surface area contributed by atoms with Crippen molar-refractivity contribution in [2.75, 3.05) is 26.5 Å². The zero-order valence-corrected chi connectivity index (χ0v) is 9.65. The number of nitrogens with zero attached hydrogens (tertiary/aromatic N) is 1. The summed E-state index contributed by atoms with van der Waals surface area (Å²) in [6.45, 7) is 0. The molecule has 0 aliphatic heterocycles. The molecule has 0 saturated carbocycles. The van der Waals surface area contributed by atoms with Crippen LogP contribution < -0.4 is 15.4 Å². The number of carbonyl (C=O) groups excluding carboxylic acids is 1. The molecule has 0 radical (unpaired) electrons. The molecule has 0 heterocycles. The summed E-state index contributed by atoms with van der Waals surface area (Å²) in [5.41, 5.74) is 0.857. The van der Waals surface area contributed by atoms with Crippen molar-refractivity contribution in [1.29, 1.82) is 0 Å². The Kier molecular flexibility index (Phi) is 4.32. The van der Waals surface area contributed by atoms with Gasteiger partial charge in [0.05, 0.1) is 14.1 Å². The molecule has 1 amide bonds. The second kappa shape index (κ2) is 5.75. The number of amides is 1. The number of carbonyl (C=O) groups is 1. The van der Waals surface area contributed by atoms with Crippen LogP contribution >= 0.6 is 0 Å². The predicted octanol–water partition coefficient (Wildman–Crippen LogP) is 1.12. The molecule has 16 heavy (non-hydrogen) atoms. The first-order chi connectivity index (χ1) is 7.61. The highest BCUT2D eigenvalue weighted by Gasteiger charge is 2.03. The van der Waals surface area contributed by atoms with E-state index in [0.29, 0.717) is 5.75 Å². The number of rotatable bonds is 3. The van der Waals surface area contributed by atoms with Crippen LogP contribution in [0.3, 0.4) is 0 Å². The second-order valence-electron chi connectivity index (χ2n) is 3.40. The topological polar surface area (TPSA) is 53.4 Å². The molecule has 0 aliphatic rings. The van der Waals surface area contributed by atoms with Crippen molar-refractivity contribution in [3.05, 3.63) is 24.3 Å². The molecule has 1 rings (SSSR count). The highest BCUT2D eigenvalue weighted by molar-refractivity contribution is 5.74. The van der Waals surface area contributed by atoms with Crippen molar-refractivity contribution in [3.8, 4) is 5.75 Å². The lowest BCUT2D eigenvalue weighted by molar-refractivity contribution is -0.459. The monoisotopic (exact) mass is 222 g/mol. The van der Waals surface area contributed by atoms with Crippen LogP contribution in [0.5, 0.6) is 5.75 Å². The van der Waals surface area contributed by atoms with E-state index in [1.54, 1.807) is 18.5 Å². The summed E-state index contributed by atoms with van der Waals surface area (Å²) in [7, 11) is 5.35. The average molecular weight is 222 g/mol. The fourth-order valence-corrected chi connectivity index (χ4v) is 1.01. The maximum absolute atomic E-state index is 11.0. The van der Waals surface area contributed by atoms with Crippen LogP contribution in [0.4, 0.5) is 10.5 Å². The quantitative estimate of drug-likeness (QED) is 0.458. The van der Waals surface area contributed by atoms with Gasteiger partial charge >= 0.3 is 6.09 Å². The van der Waals surface area contributed by atoms with Crippen LogP contribution in [0.1, 0.15) is 0 Å². The minimum atomic E-state index is -0.478. The summed E-state index contributed by atoms with van der Waals surface area (Å²) in [6, 6.07) is 7.16. The number of benzene rings is 1. The molecular weight excluding hydrogens is 206 g/mol. The molecule has 1 aromatic carbocycles. The third kappa shape index (κ3) is 4.00. The molecule has 86 valence electrons. The van der Waals surface area contributed by atoms with Crippen LogP contribution in [-0.4, -0.2) is 38.2 Å². The Hall–Kier alpha value is -2.04. The van der Waals surface area contributed by atoms with Crippen molar-refractivity contribution < 1.29 is 14.1 Å². The van der Waals surface area contributed by atoms with Gasteiger partial charge in [-0.1, -0.05) is 6.07 Å². The third-order valence-electron chi connectivity index (χ3n) is 1.74. The van der Waals surface area contributed by atoms with E-state index >= 15 is 0 Å². The van der Waals surface area contributed by atoms with E-state index in [-0.39, 0.29) is 0 Å². The first kappa shape index (κ1) is 12.0. The lowest BCUT2D eigenvalue weighted by atomic mass is 10.3. The molecular formula is C11H16N3O2+. The Morgan fingerprint density at radius 3 is 2.81 bits per heavy atom. The minimum absolute atomic E-state index is 0.478. The summed E-state index contributed by atoms with van der Waals surface area (Å²) in [5.74, 6) is 0.497. The van der Waals surface area contributed by atoms with Gasteiger partial charge in [-0.3, -0.25) is 4.58 Å². The molecule has 2 N–H and O–H groups in total. The summed E-state index contributed by atoms with van der Waals surface area (Å²) in [4.78, 5) is 11.0. The van der Waals surface area contributed by atoms with E-state index in [1.165, 1.54) is 7.05 Å². The van der Waals surface area contributed by atoms with Crippen molar-refractivity contribution in [3.63, 3.8) is 0 Å².